The second-order valence-corrected chi connectivity index (χ2v) is 9.42. The summed E-state index contributed by atoms with van der Waals surface area (Å²) in [5.74, 6) is 1.93. The lowest BCUT2D eigenvalue weighted by atomic mass is 10.1. The smallest absolute Gasteiger partial charge is 0.164 e. The molecule has 0 spiro atoms. The normalized spacial score (nSPS) is 18.9. The van der Waals surface area contributed by atoms with E-state index < -0.39 is 0 Å². The molecule has 0 amide bonds. The number of hydrogen-bond acceptors (Lipinski definition) is 6. The van der Waals surface area contributed by atoms with E-state index in [0.29, 0.717) is 6.04 Å². The molecule has 0 saturated carbocycles. The van der Waals surface area contributed by atoms with Crippen LogP contribution in [0, 0.1) is 0 Å². The Labute approximate surface area is 171 Å². The van der Waals surface area contributed by atoms with E-state index in [1.54, 1.807) is 17.5 Å². The van der Waals surface area contributed by atoms with Crippen LogP contribution in [0.5, 0.6) is 0 Å². The molecule has 5 heterocycles. The van der Waals surface area contributed by atoms with Crippen molar-refractivity contribution in [3.05, 3.63) is 57.4 Å². The average Bonchev–Trinajstić information content (AvgIpc) is 3.51. The van der Waals surface area contributed by atoms with Crippen molar-refractivity contribution in [3.63, 3.8) is 0 Å². The number of hydrogen-bond donors (Lipinski definition) is 0. The summed E-state index contributed by atoms with van der Waals surface area (Å²) in [6, 6.07) is 6.70. The van der Waals surface area contributed by atoms with Crippen molar-refractivity contribution in [1.82, 2.24) is 15.0 Å². The van der Waals surface area contributed by atoms with Gasteiger partial charge in [-0.3, -0.25) is 4.98 Å². The van der Waals surface area contributed by atoms with Crippen molar-refractivity contribution >= 4 is 38.7 Å². The Balaban J connectivity index is 1.57. The SMILES string of the molecule is c1cncc(-c2nc(N3CCCC3c3ccsc3)c3c4c(sc3n2)CCC4)c1. The lowest BCUT2D eigenvalue weighted by Gasteiger charge is -2.26. The topological polar surface area (TPSA) is 41.9 Å². The van der Waals surface area contributed by atoms with Gasteiger partial charge < -0.3 is 4.90 Å². The van der Waals surface area contributed by atoms with Gasteiger partial charge in [0.1, 0.15) is 10.6 Å². The van der Waals surface area contributed by atoms with Crippen molar-refractivity contribution in [3.8, 4) is 11.4 Å². The average molecular weight is 405 g/mol. The molecule has 1 atom stereocenters. The number of nitrogens with zero attached hydrogens (tertiary/aromatic N) is 4. The van der Waals surface area contributed by atoms with Gasteiger partial charge in [0.15, 0.2) is 5.82 Å². The van der Waals surface area contributed by atoms with Crippen molar-refractivity contribution in [2.45, 2.75) is 38.1 Å². The summed E-state index contributed by atoms with van der Waals surface area (Å²) in [7, 11) is 0. The fourth-order valence-electron chi connectivity index (χ4n) is 4.64. The van der Waals surface area contributed by atoms with E-state index in [9.17, 15) is 0 Å². The third kappa shape index (κ3) is 2.58. The van der Waals surface area contributed by atoms with Gasteiger partial charge in [-0.1, -0.05) is 0 Å². The van der Waals surface area contributed by atoms with Crippen LogP contribution in [-0.2, 0) is 12.8 Å². The van der Waals surface area contributed by atoms with E-state index in [1.165, 1.54) is 47.1 Å². The minimum absolute atomic E-state index is 0.419. The van der Waals surface area contributed by atoms with Gasteiger partial charge in [0.2, 0.25) is 0 Å². The minimum Gasteiger partial charge on any atom is -0.349 e. The first-order chi connectivity index (χ1) is 13.9. The molecular weight excluding hydrogens is 384 g/mol. The summed E-state index contributed by atoms with van der Waals surface area (Å²) >= 11 is 3.65. The number of aryl methyl sites for hydroxylation is 2. The van der Waals surface area contributed by atoms with Gasteiger partial charge in [0.05, 0.1) is 11.4 Å². The molecule has 1 fully saturated rings. The molecule has 6 heteroatoms. The Bertz CT molecular complexity index is 1130. The highest BCUT2D eigenvalue weighted by atomic mass is 32.1. The van der Waals surface area contributed by atoms with Crippen LogP contribution in [0.2, 0.25) is 0 Å². The maximum Gasteiger partial charge on any atom is 0.164 e. The van der Waals surface area contributed by atoms with Crippen LogP contribution in [0.4, 0.5) is 5.82 Å². The molecule has 6 rings (SSSR count). The first kappa shape index (κ1) is 16.6. The van der Waals surface area contributed by atoms with E-state index in [-0.39, 0.29) is 0 Å². The molecular formula is C22H20N4S2. The van der Waals surface area contributed by atoms with Gasteiger partial charge in [-0.15, -0.1) is 11.3 Å². The molecule has 0 aromatic carbocycles. The van der Waals surface area contributed by atoms with Crippen LogP contribution in [0.3, 0.4) is 0 Å². The standard InChI is InChI=1S/C22H20N4S2/c1-5-16-18(7-1)28-22-19(16)21(24-20(25-22)14-4-2-9-23-12-14)26-10-3-6-17(26)15-8-11-27-13-15/h2,4,8-9,11-13,17H,1,3,5-7,10H2. The number of fused-ring (bicyclic) bond motifs is 3. The summed E-state index contributed by atoms with van der Waals surface area (Å²) in [5.41, 5.74) is 3.92. The van der Waals surface area contributed by atoms with Gasteiger partial charge in [0.25, 0.3) is 0 Å². The van der Waals surface area contributed by atoms with Gasteiger partial charge in [0, 0.05) is 29.4 Å². The van der Waals surface area contributed by atoms with Gasteiger partial charge in [-0.25, -0.2) is 9.97 Å². The molecule has 1 aliphatic heterocycles. The molecule has 4 aromatic heterocycles. The summed E-state index contributed by atoms with van der Waals surface area (Å²) in [6.07, 6.45) is 9.68. The molecule has 28 heavy (non-hydrogen) atoms. The molecule has 0 bridgehead atoms. The number of anilines is 1. The fraction of sp³-hybridized carbons (Fsp3) is 0.318. The van der Waals surface area contributed by atoms with E-state index >= 15 is 0 Å². The van der Waals surface area contributed by atoms with Gasteiger partial charge in [-0.05, 0) is 72.2 Å². The Hall–Kier alpha value is -2.31. The number of rotatable bonds is 3. The zero-order valence-corrected chi connectivity index (χ0v) is 17.1. The minimum atomic E-state index is 0.419. The lowest BCUT2D eigenvalue weighted by Crippen LogP contribution is -2.24. The molecule has 0 radical (unpaired) electrons. The molecule has 1 aliphatic carbocycles. The van der Waals surface area contributed by atoms with Crippen LogP contribution >= 0.6 is 22.7 Å². The maximum absolute atomic E-state index is 5.15. The van der Waals surface area contributed by atoms with Crippen LogP contribution in [0.25, 0.3) is 21.6 Å². The summed E-state index contributed by atoms with van der Waals surface area (Å²) in [4.78, 5) is 19.6. The first-order valence-corrected chi connectivity index (χ1v) is 11.7. The first-order valence-electron chi connectivity index (χ1n) is 9.90. The number of aromatic nitrogens is 3. The zero-order valence-electron chi connectivity index (χ0n) is 15.5. The Kier molecular flexibility index (Phi) is 3.94. The molecule has 1 saturated heterocycles. The Morgan fingerprint density at radius 2 is 2.11 bits per heavy atom. The van der Waals surface area contributed by atoms with Crippen molar-refractivity contribution < 1.29 is 0 Å². The third-order valence-corrected chi connectivity index (χ3v) is 7.81. The number of pyridine rings is 1. The van der Waals surface area contributed by atoms with Crippen LogP contribution < -0.4 is 4.90 Å². The highest BCUT2D eigenvalue weighted by molar-refractivity contribution is 7.19. The van der Waals surface area contributed by atoms with Crippen molar-refractivity contribution in [2.24, 2.45) is 0 Å². The van der Waals surface area contributed by atoms with E-state index in [0.717, 1.165) is 35.0 Å². The maximum atomic E-state index is 5.15. The van der Waals surface area contributed by atoms with Gasteiger partial charge >= 0.3 is 0 Å². The second-order valence-electron chi connectivity index (χ2n) is 7.56. The van der Waals surface area contributed by atoms with Crippen LogP contribution in [-0.4, -0.2) is 21.5 Å². The fourth-order valence-corrected chi connectivity index (χ4v) is 6.60. The zero-order chi connectivity index (χ0) is 18.5. The third-order valence-electron chi connectivity index (χ3n) is 5.92. The van der Waals surface area contributed by atoms with E-state index in [4.69, 9.17) is 9.97 Å². The van der Waals surface area contributed by atoms with Crippen LogP contribution in [0.1, 0.15) is 41.3 Å². The monoisotopic (exact) mass is 404 g/mol. The molecule has 2 aliphatic rings. The highest BCUT2D eigenvalue weighted by Crippen LogP contribution is 2.45. The molecule has 140 valence electrons. The molecule has 4 nitrogen and oxygen atoms in total. The summed E-state index contributed by atoms with van der Waals surface area (Å²) < 4.78 is 0. The Morgan fingerprint density at radius 3 is 2.96 bits per heavy atom. The lowest BCUT2D eigenvalue weighted by molar-refractivity contribution is 0.716. The summed E-state index contributed by atoms with van der Waals surface area (Å²) in [6.45, 7) is 1.06. The highest BCUT2D eigenvalue weighted by Gasteiger charge is 2.32. The number of thiophene rings is 2. The van der Waals surface area contributed by atoms with Crippen molar-refractivity contribution in [1.29, 1.82) is 0 Å². The Morgan fingerprint density at radius 1 is 1.11 bits per heavy atom. The largest absolute Gasteiger partial charge is 0.349 e. The predicted octanol–water partition coefficient (Wildman–Crippen LogP) is 5.65. The van der Waals surface area contributed by atoms with Gasteiger partial charge in [-0.2, -0.15) is 11.3 Å². The second kappa shape index (κ2) is 6.64. The van der Waals surface area contributed by atoms with E-state index in [2.05, 4.69) is 32.8 Å². The van der Waals surface area contributed by atoms with E-state index in [1.807, 2.05) is 23.6 Å². The van der Waals surface area contributed by atoms with Crippen LogP contribution in [0.15, 0.2) is 41.4 Å². The molecule has 4 aromatic rings. The molecule has 1 unspecified atom stereocenters. The quantitative estimate of drug-likeness (QED) is 0.443. The predicted molar refractivity (Wildman–Crippen MR) is 116 cm³/mol. The molecule has 0 N–H and O–H groups in total. The summed E-state index contributed by atoms with van der Waals surface area (Å²) in [5, 5.41) is 5.79. The van der Waals surface area contributed by atoms with Crippen molar-refractivity contribution in [2.75, 3.05) is 11.4 Å².